The third kappa shape index (κ3) is 9.31. The van der Waals surface area contributed by atoms with Gasteiger partial charge in [-0.15, -0.1) is 0 Å². The largest absolute Gasteiger partial charge is 0.330 e. The third-order valence-corrected chi connectivity index (χ3v) is 7.69. The molecule has 188 valence electrons. The van der Waals surface area contributed by atoms with Crippen molar-refractivity contribution in [2.24, 2.45) is 23.3 Å². The Morgan fingerprint density at radius 3 is 1.16 bits per heavy atom. The summed E-state index contributed by atoms with van der Waals surface area (Å²) in [6, 6.07) is 3.26. The maximum atomic E-state index is 7.35. The molecule has 0 aliphatic rings. The lowest BCUT2D eigenvalue weighted by Crippen LogP contribution is -2.56. The summed E-state index contributed by atoms with van der Waals surface area (Å²) >= 11 is 0. The van der Waals surface area contributed by atoms with Crippen LogP contribution in [0.25, 0.3) is 0 Å². The van der Waals surface area contributed by atoms with Crippen molar-refractivity contribution in [1.29, 1.82) is 0 Å². The second-order valence-corrected chi connectivity index (χ2v) is 11.6. The standard InChI is InChI=1S/C27H60N4/c1-19(2)30(20(3)4)25(11)17-23(9)27(29,15-13-14-16-28)24(10)18-26(12)31(21(5)6)22(7)8/h19-26H,13-18,28-29H2,1-12H3. The molecule has 0 aliphatic heterocycles. The molecule has 0 radical (unpaired) electrons. The van der Waals surface area contributed by atoms with Crippen molar-refractivity contribution in [3.05, 3.63) is 0 Å². The van der Waals surface area contributed by atoms with Gasteiger partial charge in [-0.3, -0.25) is 9.80 Å². The molecule has 0 spiro atoms. The Morgan fingerprint density at radius 1 is 0.581 bits per heavy atom. The Hall–Kier alpha value is -0.160. The van der Waals surface area contributed by atoms with Gasteiger partial charge in [0.15, 0.2) is 0 Å². The summed E-state index contributed by atoms with van der Waals surface area (Å²) in [5, 5.41) is 0. The van der Waals surface area contributed by atoms with E-state index in [2.05, 4.69) is 92.9 Å². The first-order valence-electron chi connectivity index (χ1n) is 13.2. The van der Waals surface area contributed by atoms with Crippen LogP contribution in [0.4, 0.5) is 0 Å². The fraction of sp³-hybridized carbons (Fsp3) is 1.00. The van der Waals surface area contributed by atoms with E-state index in [1.54, 1.807) is 0 Å². The van der Waals surface area contributed by atoms with Crippen LogP contribution < -0.4 is 11.5 Å². The van der Waals surface area contributed by atoms with Gasteiger partial charge in [-0.1, -0.05) is 20.3 Å². The Morgan fingerprint density at radius 2 is 0.903 bits per heavy atom. The number of hydrogen-bond acceptors (Lipinski definition) is 4. The van der Waals surface area contributed by atoms with Crippen molar-refractivity contribution >= 4 is 0 Å². The average Bonchev–Trinajstić information content (AvgIpc) is 2.59. The van der Waals surface area contributed by atoms with Gasteiger partial charge in [0.25, 0.3) is 0 Å². The minimum absolute atomic E-state index is 0.156. The van der Waals surface area contributed by atoms with E-state index in [1.165, 1.54) is 0 Å². The molecular weight excluding hydrogens is 380 g/mol. The van der Waals surface area contributed by atoms with Gasteiger partial charge in [-0.2, -0.15) is 0 Å². The maximum Gasteiger partial charge on any atom is 0.0207 e. The molecule has 0 rings (SSSR count). The number of nitrogens with zero attached hydrogens (tertiary/aromatic N) is 2. The monoisotopic (exact) mass is 440 g/mol. The van der Waals surface area contributed by atoms with Crippen LogP contribution in [0.2, 0.25) is 0 Å². The maximum absolute atomic E-state index is 7.35. The summed E-state index contributed by atoms with van der Waals surface area (Å²) in [5.41, 5.74) is 13.0. The highest BCUT2D eigenvalue weighted by Crippen LogP contribution is 2.36. The predicted octanol–water partition coefficient (Wildman–Crippen LogP) is 5.88. The smallest absolute Gasteiger partial charge is 0.0207 e. The number of nitrogens with two attached hydrogens (primary N) is 2. The van der Waals surface area contributed by atoms with E-state index >= 15 is 0 Å². The van der Waals surface area contributed by atoms with Gasteiger partial charge in [-0.25, -0.2) is 0 Å². The number of rotatable bonds is 16. The van der Waals surface area contributed by atoms with Crippen molar-refractivity contribution in [1.82, 2.24) is 9.80 Å². The van der Waals surface area contributed by atoms with Crippen molar-refractivity contribution < 1.29 is 0 Å². The van der Waals surface area contributed by atoms with E-state index in [1.807, 2.05) is 0 Å². The van der Waals surface area contributed by atoms with Crippen LogP contribution in [0.1, 0.15) is 115 Å². The van der Waals surface area contributed by atoms with Crippen molar-refractivity contribution in [2.45, 2.75) is 157 Å². The van der Waals surface area contributed by atoms with Gasteiger partial charge >= 0.3 is 0 Å². The molecule has 0 amide bonds. The fourth-order valence-electron chi connectivity index (χ4n) is 6.49. The summed E-state index contributed by atoms with van der Waals surface area (Å²) < 4.78 is 0. The Bertz CT molecular complexity index is 410. The van der Waals surface area contributed by atoms with E-state index in [4.69, 9.17) is 11.5 Å². The molecule has 0 heterocycles. The lowest BCUT2D eigenvalue weighted by Gasteiger charge is -2.47. The zero-order valence-corrected chi connectivity index (χ0v) is 23.4. The highest BCUT2D eigenvalue weighted by atomic mass is 15.2. The lowest BCUT2D eigenvalue weighted by atomic mass is 9.68. The molecule has 4 atom stereocenters. The van der Waals surface area contributed by atoms with Crippen LogP contribution in [-0.2, 0) is 0 Å². The van der Waals surface area contributed by atoms with Crippen LogP contribution in [0.15, 0.2) is 0 Å². The summed E-state index contributed by atoms with van der Waals surface area (Å²) in [5.74, 6) is 0.933. The molecule has 31 heavy (non-hydrogen) atoms. The zero-order valence-electron chi connectivity index (χ0n) is 23.4. The Kier molecular flexibility index (Phi) is 14.1. The zero-order chi connectivity index (χ0) is 24.5. The molecule has 0 bridgehead atoms. The Labute approximate surface area is 196 Å². The van der Waals surface area contributed by atoms with Crippen LogP contribution in [-0.4, -0.2) is 58.1 Å². The SMILES string of the molecule is CC(C)N(C(C)C)C(C)CC(C)C(N)(CCCCN)C(C)CC(C)N(C(C)C)C(C)C. The van der Waals surface area contributed by atoms with Gasteiger partial charge < -0.3 is 11.5 Å². The minimum Gasteiger partial charge on any atom is -0.330 e. The van der Waals surface area contributed by atoms with Gasteiger partial charge in [-0.05, 0) is 113 Å². The van der Waals surface area contributed by atoms with Gasteiger partial charge in [0, 0.05) is 41.8 Å². The van der Waals surface area contributed by atoms with Crippen molar-refractivity contribution in [2.75, 3.05) is 6.54 Å². The fourth-order valence-corrected chi connectivity index (χ4v) is 6.49. The van der Waals surface area contributed by atoms with Crippen LogP contribution in [0.3, 0.4) is 0 Å². The van der Waals surface area contributed by atoms with Gasteiger partial charge in [0.2, 0.25) is 0 Å². The van der Waals surface area contributed by atoms with E-state index in [0.717, 1.165) is 38.6 Å². The molecule has 0 fully saturated rings. The quantitative estimate of drug-likeness (QED) is 0.294. The van der Waals surface area contributed by atoms with E-state index < -0.39 is 0 Å². The van der Waals surface area contributed by atoms with Crippen LogP contribution >= 0.6 is 0 Å². The number of hydrogen-bond donors (Lipinski definition) is 2. The van der Waals surface area contributed by atoms with Crippen LogP contribution in [0.5, 0.6) is 0 Å². The van der Waals surface area contributed by atoms with E-state index in [-0.39, 0.29) is 5.54 Å². The third-order valence-electron chi connectivity index (χ3n) is 7.69. The van der Waals surface area contributed by atoms with Crippen molar-refractivity contribution in [3.63, 3.8) is 0 Å². The molecule has 0 saturated heterocycles. The molecule has 4 N–H and O–H groups in total. The highest BCUT2D eigenvalue weighted by molar-refractivity contribution is 4.97. The normalized spacial score (nSPS) is 19.0. The summed E-state index contributed by atoms with van der Waals surface area (Å²) in [6.07, 6.45) is 5.55. The number of unbranched alkanes of at least 4 members (excludes halogenated alkanes) is 1. The minimum atomic E-state index is -0.156. The van der Waals surface area contributed by atoms with E-state index in [0.29, 0.717) is 48.1 Å². The van der Waals surface area contributed by atoms with Gasteiger partial charge in [0.05, 0.1) is 0 Å². The first-order valence-corrected chi connectivity index (χ1v) is 13.2. The Balaban J connectivity index is 5.59. The second kappa shape index (κ2) is 14.2. The highest BCUT2D eigenvalue weighted by Gasteiger charge is 2.39. The molecule has 4 unspecified atom stereocenters. The summed E-state index contributed by atoms with van der Waals surface area (Å²) in [6.45, 7) is 28.9. The molecule has 0 aromatic heterocycles. The predicted molar refractivity (Wildman–Crippen MR) is 141 cm³/mol. The summed E-state index contributed by atoms with van der Waals surface area (Å²) in [4.78, 5) is 5.28. The summed E-state index contributed by atoms with van der Waals surface area (Å²) in [7, 11) is 0. The molecule has 0 saturated carbocycles. The average molecular weight is 441 g/mol. The molecule has 4 heteroatoms. The van der Waals surface area contributed by atoms with E-state index in [9.17, 15) is 0 Å². The second-order valence-electron chi connectivity index (χ2n) is 11.6. The molecule has 0 aliphatic carbocycles. The molecule has 0 aromatic rings. The topological polar surface area (TPSA) is 58.5 Å². The first kappa shape index (κ1) is 30.8. The molecular formula is C27H60N4. The first-order chi connectivity index (χ1) is 14.2. The molecule has 0 aromatic carbocycles. The van der Waals surface area contributed by atoms with Crippen LogP contribution in [0, 0.1) is 11.8 Å². The molecule has 4 nitrogen and oxygen atoms in total. The van der Waals surface area contributed by atoms with Crippen molar-refractivity contribution in [3.8, 4) is 0 Å². The lowest BCUT2D eigenvalue weighted by molar-refractivity contribution is 0.0588. The van der Waals surface area contributed by atoms with Gasteiger partial charge in [0.1, 0.15) is 0 Å².